The monoisotopic (exact) mass is 1180 g/mol. The molecule has 3 rings (SSSR count). The van der Waals surface area contributed by atoms with Crippen LogP contribution < -0.4 is 9.80 Å². The van der Waals surface area contributed by atoms with Crippen molar-refractivity contribution < 1.29 is 91.1 Å². The Bertz CT molecular complexity index is 1740. The average Bonchev–Trinajstić information content (AvgIpc) is 3.63. The van der Waals surface area contributed by atoms with Crippen LogP contribution in [0.3, 0.4) is 0 Å². The lowest BCUT2D eigenvalue weighted by Crippen LogP contribution is -2.32. The summed E-state index contributed by atoms with van der Waals surface area (Å²) in [5.41, 5.74) is 3.25. The van der Waals surface area contributed by atoms with Gasteiger partial charge in [-0.25, -0.2) is 0 Å². The number of nitriles is 1. The lowest BCUT2D eigenvalue weighted by atomic mass is 9.70. The van der Waals surface area contributed by atoms with E-state index in [0.717, 1.165) is 41.1 Å². The lowest BCUT2D eigenvalue weighted by Gasteiger charge is -2.31. The summed E-state index contributed by atoms with van der Waals surface area (Å²) >= 11 is 0. The average molecular weight is 1180 g/mol. The molecule has 1 unspecified atom stereocenters. The summed E-state index contributed by atoms with van der Waals surface area (Å²) in [4.78, 5) is 4.42. The molecule has 0 spiro atoms. The van der Waals surface area contributed by atoms with Gasteiger partial charge in [-0.1, -0.05) is 61.5 Å². The van der Waals surface area contributed by atoms with Crippen molar-refractivity contribution in [2.45, 2.75) is 18.8 Å². The van der Waals surface area contributed by atoms with Gasteiger partial charge in [0.15, 0.2) is 0 Å². The molecule has 3 aromatic rings. The number of ether oxygens (including phenoxy) is 16. The predicted octanol–water partition coefficient (Wildman–Crippen LogP) is 3.81. The maximum atomic E-state index is 11.4. The number of rotatable bonds is 61. The van der Waals surface area contributed by atoms with Gasteiger partial charge in [-0.2, -0.15) is 5.26 Å². The van der Waals surface area contributed by atoms with Gasteiger partial charge in [-0.05, 0) is 47.4 Å². The number of hydrogen-bond donors (Lipinski definition) is 3. The molecule has 0 aliphatic rings. The SMILES string of the molecule is CCCOCCOCCOCCOCCN(CCOCCOCCOCCOCCO)c1ccc(C(C#N)(c2ccccc2)c2ccc(N(CCOCCOCCOCCOCCO)CCOCCOCCOCCOCCO)cc2)cc1. The van der Waals surface area contributed by atoms with Crippen LogP contribution in [0.2, 0.25) is 0 Å². The highest BCUT2D eigenvalue weighted by molar-refractivity contribution is 5.61. The highest BCUT2D eigenvalue weighted by atomic mass is 16.6. The smallest absolute Gasteiger partial charge is 0.132 e. The molecule has 0 saturated carbocycles. The van der Waals surface area contributed by atoms with Gasteiger partial charge in [0.05, 0.1) is 231 Å². The molecule has 0 saturated heterocycles. The highest BCUT2D eigenvalue weighted by Crippen LogP contribution is 2.40. The van der Waals surface area contributed by atoms with E-state index in [1.54, 1.807) is 0 Å². The molecule has 472 valence electrons. The number of anilines is 2. The first-order chi connectivity index (χ1) is 41.1. The molecule has 3 N–H and O–H groups in total. The van der Waals surface area contributed by atoms with E-state index < -0.39 is 5.41 Å². The van der Waals surface area contributed by atoms with E-state index in [9.17, 15) is 5.26 Å². The number of aliphatic hydroxyl groups excluding tert-OH is 3. The molecular formula is C61H99N3O19. The van der Waals surface area contributed by atoms with Crippen molar-refractivity contribution in [1.82, 2.24) is 0 Å². The summed E-state index contributed by atoms with van der Waals surface area (Å²) < 4.78 is 90.0. The Morgan fingerprint density at radius 3 is 0.747 bits per heavy atom. The first-order valence-corrected chi connectivity index (χ1v) is 29.4. The number of benzene rings is 3. The van der Waals surface area contributed by atoms with Crippen LogP contribution in [0.1, 0.15) is 30.0 Å². The van der Waals surface area contributed by atoms with E-state index in [4.69, 9.17) is 91.1 Å². The molecule has 0 radical (unpaired) electrons. The molecule has 22 heteroatoms. The van der Waals surface area contributed by atoms with E-state index in [0.29, 0.717) is 231 Å². The Morgan fingerprint density at radius 1 is 0.301 bits per heavy atom. The number of nitrogens with zero attached hydrogens (tertiary/aromatic N) is 3. The van der Waals surface area contributed by atoms with E-state index >= 15 is 0 Å². The molecule has 0 fully saturated rings. The summed E-state index contributed by atoms with van der Waals surface area (Å²) in [7, 11) is 0. The fraction of sp³-hybridized carbons (Fsp3) is 0.689. The van der Waals surface area contributed by atoms with Crippen LogP contribution in [-0.2, 0) is 81.2 Å². The maximum absolute atomic E-state index is 11.4. The van der Waals surface area contributed by atoms with E-state index in [-0.39, 0.29) is 19.8 Å². The predicted molar refractivity (Wildman–Crippen MR) is 314 cm³/mol. The summed E-state index contributed by atoms with van der Waals surface area (Å²) in [5.74, 6) is 0. The van der Waals surface area contributed by atoms with Gasteiger partial charge in [-0.15, -0.1) is 0 Å². The molecule has 22 nitrogen and oxygen atoms in total. The van der Waals surface area contributed by atoms with E-state index in [1.807, 2.05) is 54.6 Å². The summed E-state index contributed by atoms with van der Waals surface area (Å²) in [5, 5.41) is 37.9. The summed E-state index contributed by atoms with van der Waals surface area (Å²) in [6, 6.07) is 29.0. The molecule has 0 aliphatic heterocycles. The largest absolute Gasteiger partial charge is 0.394 e. The van der Waals surface area contributed by atoms with Crippen LogP contribution in [0.15, 0.2) is 78.9 Å². The molecule has 0 heterocycles. The Hall–Kier alpha value is -4.01. The number of hydrogen-bond acceptors (Lipinski definition) is 22. The van der Waals surface area contributed by atoms with Gasteiger partial charge in [-0.3, -0.25) is 0 Å². The number of aliphatic hydroxyl groups is 3. The van der Waals surface area contributed by atoms with Crippen molar-refractivity contribution in [3.63, 3.8) is 0 Å². The molecule has 0 aromatic heterocycles. The molecule has 3 aromatic carbocycles. The molecule has 0 aliphatic carbocycles. The van der Waals surface area contributed by atoms with Gasteiger partial charge in [0, 0.05) is 44.2 Å². The van der Waals surface area contributed by atoms with Gasteiger partial charge in [0.2, 0.25) is 0 Å². The maximum Gasteiger partial charge on any atom is 0.132 e. The van der Waals surface area contributed by atoms with Crippen molar-refractivity contribution in [2.75, 3.05) is 267 Å². The minimum atomic E-state index is -1.14. The van der Waals surface area contributed by atoms with E-state index in [1.165, 1.54) is 0 Å². The van der Waals surface area contributed by atoms with Gasteiger partial charge in [0.25, 0.3) is 0 Å². The first kappa shape index (κ1) is 73.2. The second kappa shape index (κ2) is 53.5. The zero-order valence-electron chi connectivity index (χ0n) is 49.5. The molecule has 83 heavy (non-hydrogen) atoms. The fourth-order valence-corrected chi connectivity index (χ4v) is 8.05. The lowest BCUT2D eigenvalue weighted by molar-refractivity contribution is -0.00591. The zero-order chi connectivity index (χ0) is 59.0. The molecule has 0 amide bonds. The molecular weight excluding hydrogens is 1080 g/mol. The Morgan fingerprint density at radius 2 is 0.518 bits per heavy atom. The zero-order valence-corrected chi connectivity index (χ0v) is 49.5. The third kappa shape index (κ3) is 35.3. The Kier molecular flexibility index (Phi) is 47.2. The van der Waals surface area contributed by atoms with Crippen molar-refractivity contribution in [3.8, 4) is 6.07 Å². The van der Waals surface area contributed by atoms with Crippen molar-refractivity contribution in [2.24, 2.45) is 0 Å². The Balaban J connectivity index is 1.69. The van der Waals surface area contributed by atoms with Crippen LogP contribution in [0, 0.1) is 11.3 Å². The topological polar surface area (TPSA) is 239 Å². The van der Waals surface area contributed by atoms with Crippen molar-refractivity contribution in [3.05, 3.63) is 95.6 Å². The van der Waals surface area contributed by atoms with E-state index in [2.05, 4.69) is 47.1 Å². The fourth-order valence-electron chi connectivity index (χ4n) is 8.05. The van der Waals surface area contributed by atoms with Crippen LogP contribution in [0.4, 0.5) is 11.4 Å². The van der Waals surface area contributed by atoms with Crippen LogP contribution in [0.5, 0.6) is 0 Å². The minimum Gasteiger partial charge on any atom is -0.394 e. The van der Waals surface area contributed by atoms with Crippen molar-refractivity contribution >= 4 is 11.4 Å². The normalized spacial score (nSPS) is 12.2. The third-order valence-corrected chi connectivity index (χ3v) is 12.2. The van der Waals surface area contributed by atoms with Gasteiger partial charge < -0.3 is 101 Å². The molecule has 0 bridgehead atoms. The van der Waals surface area contributed by atoms with Gasteiger partial charge in [0.1, 0.15) is 5.41 Å². The van der Waals surface area contributed by atoms with Crippen LogP contribution in [-0.4, -0.2) is 273 Å². The van der Waals surface area contributed by atoms with Crippen LogP contribution >= 0.6 is 0 Å². The minimum absolute atomic E-state index is 0.0116. The quantitative estimate of drug-likeness (QED) is 0.0538. The van der Waals surface area contributed by atoms with Crippen LogP contribution in [0.25, 0.3) is 0 Å². The first-order valence-electron chi connectivity index (χ1n) is 29.4. The summed E-state index contributed by atoms with van der Waals surface area (Å²) in [6.45, 7) is 18.5. The standard InChI is InChI=1S/C61H99N3O19/c1-2-23-68-31-39-76-47-48-77-40-32-69-24-16-63(17-25-70-33-41-78-49-52-81-44-36-73-28-20-65)59-12-8-57(9-13-59)61(55-62,56-6-4-3-5-7-56)58-10-14-60(15-11-58)64(18-26-71-34-42-79-50-53-82-45-37-74-29-21-66)19-27-72-35-43-80-51-54-83-46-38-75-30-22-67/h3-15,65-67H,2,16-54H2,1H3. The van der Waals surface area contributed by atoms with Gasteiger partial charge >= 0.3 is 0 Å². The second-order valence-corrected chi connectivity index (χ2v) is 18.3. The third-order valence-electron chi connectivity index (χ3n) is 12.2. The summed E-state index contributed by atoms with van der Waals surface area (Å²) in [6.07, 6.45) is 0.984. The molecule has 1 atom stereocenters. The Labute approximate surface area is 493 Å². The highest BCUT2D eigenvalue weighted by Gasteiger charge is 2.37. The second-order valence-electron chi connectivity index (χ2n) is 18.3. The van der Waals surface area contributed by atoms with Crippen molar-refractivity contribution in [1.29, 1.82) is 5.26 Å².